The van der Waals surface area contributed by atoms with E-state index in [4.69, 9.17) is 0 Å². The van der Waals surface area contributed by atoms with Gasteiger partial charge < -0.3 is 15.5 Å². The van der Waals surface area contributed by atoms with Gasteiger partial charge in [-0.1, -0.05) is 12.1 Å². The highest BCUT2D eigenvalue weighted by atomic mass is 32.2. The normalized spacial score (nSPS) is 12.3. The molecule has 4 N–H and O–H groups in total. The Bertz CT molecular complexity index is 892. The van der Waals surface area contributed by atoms with Crippen molar-refractivity contribution >= 4 is 27.6 Å². The molecular weight excluding hydrogens is 360 g/mol. The van der Waals surface area contributed by atoms with E-state index < -0.39 is 22.0 Å². The molecule has 0 heterocycles. The van der Waals surface area contributed by atoms with Gasteiger partial charge in [-0.3, -0.25) is 9.59 Å². The van der Waals surface area contributed by atoms with Crippen LogP contribution in [0.1, 0.15) is 12.5 Å². The molecular formula is C17H18N2O6S. The van der Waals surface area contributed by atoms with Gasteiger partial charge in [0.15, 0.2) is 0 Å². The highest BCUT2D eigenvalue weighted by molar-refractivity contribution is 7.89. The summed E-state index contributed by atoms with van der Waals surface area (Å²) in [6, 6.07) is 9.80. The topological polar surface area (TPSA) is 133 Å². The standard InChI is InChI=1S/C17H18N2O6S/c1-11(20)18-13-4-8-15(9-5-13)26(24,25)19-16(17(22)23)10-12-2-6-14(21)7-3-12/h2-9,16,19,21H,10H2,1H3,(H,18,20)(H,22,23). The maximum atomic E-state index is 12.4. The first-order valence-electron chi connectivity index (χ1n) is 7.58. The number of carbonyl (C=O) groups is 2. The largest absolute Gasteiger partial charge is 0.508 e. The fourth-order valence-corrected chi connectivity index (χ4v) is 3.41. The average Bonchev–Trinajstić information content (AvgIpc) is 2.56. The molecule has 0 aliphatic heterocycles. The minimum Gasteiger partial charge on any atom is -0.508 e. The molecule has 9 heteroatoms. The molecule has 2 aromatic rings. The third-order valence-electron chi connectivity index (χ3n) is 3.46. The second kappa shape index (κ2) is 7.98. The van der Waals surface area contributed by atoms with E-state index in [1.165, 1.54) is 55.5 Å². The predicted molar refractivity (Wildman–Crippen MR) is 94.3 cm³/mol. The van der Waals surface area contributed by atoms with Gasteiger partial charge in [-0.15, -0.1) is 0 Å². The Morgan fingerprint density at radius 1 is 1.04 bits per heavy atom. The van der Waals surface area contributed by atoms with Crippen molar-refractivity contribution in [2.75, 3.05) is 5.32 Å². The molecule has 1 amide bonds. The highest BCUT2D eigenvalue weighted by Gasteiger charge is 2.25. The summed E-state index contributed by atoms with van der Waals surface area (Å²) in [7, 11) is -4.07. The Hall–Kier alpha value is -2.91. The van der Waals surface area contributed by atoms with Crippen LogP contribution in [-0.2, 0) is 26.0 Å². The Balaban J connectivity index is 2.16. The van der Waals surface area contributed by atoms with Gasteiger partial charge >= 0.3 is 5.97 Å². The number of carboxylic acids is 1. The van der Waals surface area contributed by atoms with E-state index >= 15 is 0 Å². The summed E-state index contributed by atoms with van der Waals surface area (Å²) >= 11 is 0. The summed E-state index contributed by atoms with van der Waals surface area (Å²) in [6.45, 7) is 1.33. The van der Waals surface area contributed by atoms with Crippen molar-refractivity contribution in [3.8, 4) is 5.75 Å². The van der Waals surface area contributed by atoms with Crippen LogP contribution in [0.5, 0.6) is 5.75 Å². The summed E-state index contributed by atoms with van der Waals surface area (Å²) in [5.74, 6) is -1.59. The Kier molecular flexibility index (Phi) is 5.96. The zero-order chi connectivity index (χ0) is 19.3. The minimum atomic E-state index is -4.07. The van der Waals surface area contributed by atoms with E-state index in [2.05, 4.69) is 10.0 Å². The number of aromatic hydroxyl groups is 1. The lowest BCUT2D eigenvalue weighted by atomic mass is 10.1. The highest BCUT2D eigenvalue weighted by Crippen LogP contribution is 2.16. The second-order valence-electron chi connectivity index (χ2n) is 5.59. The van der Waals surface area contributed by atoms with Crippen molar-refractivity contribution in [2.24, 2.45) is 0 Å². The summed E-state index contributed by atoms with van der Waals surface area (Å²) < 4.78 is 27.0. The monoisotopic (exact) mass is 378 g/mol. The Morgan fingerprint density at radius 3 is 2.12 bits per heavy atom. The SMILES string of the molecule is CC(=O)Nc1ccc(S(=O)(=O)NC(Cc2ccc(O)cc2)C(=O)O)cc1. The number of sulfonamides is 1. The summed E-state index contributed by atoms with van der Waals surface area (Å²) in [6.07, 6.45) is -0.0845. The van der Waals surface area contributed by atoms with Crippen molar-refractivity contribution in [3.63, 3.8) is 0 Å². The van der Waals surface area contributed by atoms with Gasteiger partial charge in [0.05, 0.1) is 4.90 Å². The van der Waals surface area contributed by atoms with Crippen LogP contribution < -0.4 is 10.0 Å². The van der Waals surface area contributed by atoms with Gasteiger partial charge in [-0.25, -0.2) is 8.42 Å². The van der Waals surface area contributed by atoms with E-state index in [-0.39, 0.29) is 23.0 Å². The molecule has 0 aliphatic carbocycles. The number of nitrogens with one attached hydrogen (secondary N) is 2. The third-order valence-corrected chi connectivity index (χ3v) is 4.94. The van der Waals surface area contributed by atoms with Gasteiger partial charge in [-0.2, -0.15) is 4.72 Å². The number of benzene rings is 2. The maximum absolute atomic E-state index is 12.4. The maximum Gasteiger partial charge on any atom is 0.322 e. The molecule has 1 unspecified atom stereocenters. The number of phenolic OH excluding ortho intramolecular Hbond substituents is 1. The van der Waals surface area contributed by atoms with E-state index in [0.29, 0.717) is 11.3 Å². The van der Waals surface area contributed by atoms with Crippen LogP contribution in [0.2, 0.25) is 0 Å². The lowest BCUT2D eigenvalue weighted by molar-refractivity contribution is -0.138. The van der Waals surface area contributed by atoms with E-state index in [9.17, 15) is 28.2 Å². The lowest BCUT2D eigenvalue weighted by Crippen LogP contribution is -2.42. The molecule has 26 heavy (non-hydrogen) atoms. The molecule has 2 rings (SSSR count). The number of hydrogen-bond donors (Lipinski definition) is 4. The summed E-state index contributed by atoms with van der Waals surface area (Å²) in [4.78, 5) is 22.3. The fraction of sp³-hybridized carbons (Fsp3) is 0.176. The Morgan fingerprint density at radius 2 is 1.62 bits per heavy atom. The molecule has 0 fully saturated rings. The molecule has 0 saturated heterocycles. The number of anilines is 1. The number of aliphatic carboxylic acids is 1. The van der Waals surface area contributed by atoms with Gasteiger partial charge in [0.1, 0.15) is 11.8 Å². The predicted octanol–water partition coefficient (Wildman–Crippen LogP) is 1.32. The fourth-order valence-electron chi connectivity index (χ4n) is 2.22. The molecule has 0 saturated carbocycles. The van der Waals surface area contributed by atoms with Crippen molar-refractivity contribution in [1.29, 1.82) is 0 Å². The number of amides is 1. The molecule has 0 aromatic heterocycles. The first kappa shape index (κ1) is 19.4. The molecule has 0 spiro atoms. The average molecular weight is 378 g/mol. The van der Waals surface area contributed by atoms with Crippen LogP contribution in [0.4, 0.5) is 5.69 Å². The molecule has 138 valence electrons. The van der Waals surface area contributed by atoms with Crippen LogP contribution in [0.3, 0.4) is 0 Å². The number of phenols is 1. The molecule has 0 aliphatic rings. The number of hydrogen-bond acceptors (Lipinski definition) is 5. The smallest absolute Gasteiger partial charge is 0.322 e. The zero-order valence-electron chi connectivity index (χ0n) is 13.8. The lowest BCUT2D eigenvalue weighted by Gasteiger charge is -2.15. The first-order valence-corrected chi connectivity index (χ1v) is 9.06. The van der Waals surface area contributed by atoms with Crippen LogP contribution in [0.15, 0.2) is 53.4 Å². The van der Waals surface area contributed by atoms with Crippen LogP contribution in [-0.4, -0.2) is 36.5 Å². The molecule has 1 atom stereocenters. The molecule has 0 radical (unpaired) electrons. The van der Waals surface area contributed by atoms with Crippen LogP contribution in [0, 0.1) is 0 Å². The zero-order valence-corrected chi connectivity index (χ0v) is 14.7. The molecule has 8 nitrogen and oxygen atoms in total. The summed E-state index contributed by atoms with van der Waals surface area (Å²) in [5.41, 5.74) is 0.981. The summed E-state index contributed by atoms with van der Waals surface area (Å²) in [5, 5.41) is 21.1. The quantitative estimate of drug-likeness (QED) is 0.574. The number of rotatable bonds is 7. The van der Waals surface area contributed by atoms with Crippen molar-refractivity contribution < 1.29 is 28.2 Å². The molecule has 0 bridgehead atoms. The third kappa shape index (κ3) is 5.30. The van der Waals surface area contributed by atoms with Gasteiger partial charge in [0.25, 0.3) is 0 Å². The van der Waals surface area contributed by atoms with Gasteiger partial charge in [0.2, 0.25) is 15.9 Å². The van der Waals surface area contributed by atoms with Crippen molar-refractivity contribution in [2.45, 2.75) is 24.3 Å². The van der Waals surface area contributed by atoms with Crippen LogP contribution >= 0.6 is 0 Å². The number of carbonyl (C=O) groups excluding carboxylic acids is 1. The second-order valence-corrected chi connectivity index (χ2v) is 7.30. The number of carboxylic acid groups (broad SMARTS) is 1. The van der Waals surface area contributed by atoms with Crippen LogP contribution in [0.25, 0.3) is 0 Å². The first-order chi connectivity index (χ1) is 12.2. The van der Waals surface area contributed by atoms with E-state index in [1.54, 1.807) is 0 Å². The van der Waals surface area contributed by atoms with Crippen molar-refractivity contribution in [3.05, 3.63) is 54.1 Å². The van der Waals surface area contributed by atoms with E-state index in [1.807, 2.05) is 0 Å². The van der Waals surface area contributed by atoms with Crippen molar-refractivity contribution in [1.82, 2.24) is 4.72 Å². The molecule has 2 aromatic carbocycles. The minimum absolute atomic E-state index is 0.0282. The van der Waals surface area contributed by atoms with Gasteiger partial charge in [0, 0.05) is 12.6 Å². The van der Waals surface area contributed by atoms with E-state index in [0.717, 1.165) is 0 Å². The Labute approximate surface area is 150 Å². The van der Waals surface area contributed by atoms with Gasteiger partial charge in [-0.05, 0) is 48.4 Å².